The van der Waals surface area contributed by atoms with Gasteiger partial charge in [-0.25, -0.2) is 4.79 Å². The fourth-order valence-electron chi connectivity index (χ4n) is 2.18. The van der Waals surface area contributed by atoms with Gasteiger partial charge in [-0.15, -0.1) is 0 Å². The Morgan fingerprint density at radius 3 is 2.65 bits per heavy atom. The molecule has 1 rings (SSSR count). The van der Waals surface area contributed by atoms with Crippen LogP contribution in [0.4, 0.5) is 4.79 Å². The van der Waals surface area contributed by atoms with Crippen LogP contribution in [-0.2, 0) is 14.3 Å². The summed E-state index contributed by atoms with van der Waals surface area (Å²) in [6.45, 7) is 8.13. The van der Waals surface area contributed by atoms with Crippen LogP contribution in [0.1, 0.15) is 40.0 Å². The summed E-state index contributed by atoms with van der Waals surface area (Å²) >= 11 is 0. The van der Waals surface area contributed by atoms with Crippen LogP contribution in [0.5, 0.6) is 0 Å². The molecule has 1 heterocycles. The Hall–Kier alpha value is -1.30. The highest BCUT2D eigenvalue weighted by atomic mass is 16.6. The molecule has 1 aliphatic heterocycles. The number of nitrogens with zero attached hydrogens (tertiary/aromatic N) is 1. The molecule has 0 saturated carbocycles. The third-order valence-electron chi connectivity index (χ3n) is 3.08. The SMILES string of the molecule is COC(=O)CCCN1CC[C@@H](NC(=O)OC(C)(C)C)C1. The van der Waals surface area contributed by atoms with E-state index in [1.54, 1.807) is 0 Å². The molecule has 20 heavy (non-hydrogen) atoms. The van der Waals surface area contributed by atoms with Crippen LogP contribution in [0.25, 0.3) is 0 Å². The van der Waals surface area contributed by atoms with Crippen molar-refractivity contribution >= 4 is 12.1 Å². The Balaban J connectivity index is 2.20. The van der Waals surface area contributed by atoms with Crippen molar-refractivity contribution in [1.29, 1.82) is 0 Å². The number of nitrogens with one attached hydrogen (secondary N) is 1. The standard InChI is InChI=1S/C14H26N2O4/c1-14(2,3)20-13(18)15-11-7-9-16(10-11)8-5-6-12(17)19-4/h11H,5-10H2,1-4H3,(H,15,18)/t11-/m1/s1. The molecule has 1 fully saturated rings. The topological polar surface area (TPSA) is 67.9 Å². The molecule has 1 N–H and O–H groups in total. The van der Waals surface area contributed by atoms with Gasteiger partial charge in [-0.05, 0) is 40.2 Å². The van der Waals surface area contributed by atoms with E-state index in [-0.39, 0.29) is 18.1 Å². The van der Waals surface area contributed by atoms with Gasteiger partial charge in [-0.1, -0.05) is 0 Å². The Bertz CT molecular complexity index is 339. The van der Waals surface area contributed by atoms with Crippen LogP contribution in [0.2, 0.25) is 0 Å². The minimum atomic E-state index is -0.469. The molecule has 0 bridgehead atoms. The van der Waals surface area contributed by atoms with E-state index in [0.29, 0.717) is 6.42 Å². The van der Waals surface area contributed by atoms with Gasteiger partial charge in [0.1, 0.15) is 5.60 Å². The summed E-state index contributed by atoms with van der Waals surface area (Å²) in [6.07, 6.45) is 1.78. The van der Waals surface area contributed by atoms with Gasteiger partial charge in [0, 0.05) is 25.6 Å². The summed E-state index contributed by atoms with van der Waals surface area (Å²) in [5.41, 5.74) is -0.469. The largest absolute Gasteiger partial charge is 0.469 e. The summed E-state index contributed by atoms with van der Waals surface area (Å²) in [6, 6.07) is 0.128. The lowest BCUT2D eigenvalue weighted by molar-refractivity contribution is -0.140. The maximum absolute atomic E-state index is 11.7. The summed E-state index contributed by atoms with van der Waals surface area (Å²) in [7, 11) is 1.40. The van der Waals surface area contributed by atoms with Crippen molar-refractivity contribution in [2.75, 3.05) is 26.7 Å². The Morgan fingerprint density at radius 1 is 1.35 bits per heavy atom. The lowest BCUT2D eigenvalue weighted by Crippen LogP contribution is -2.40. The first-order valence-corrected chi connectivity index (χ1v) is 7.09. The van der Waals surface area contributed by atoms with E-state index in [0.717, 1.165) is 32.5 Å². The van der Waals surface area contributed by atoms with Gasteiger partial charge in [0.2, 0.25) is 0 Å². The zero-order valence-electron chi connectivity index (χ0n) is 12.9. The zero-order valence-corrected chi connectivity index (χ0v) is 12.9. The molecular formula is C14H26N2O4. The predicted octanol–water partition coefficient (Wildman–Crippen LogP) is 1.54. The maximum Gasteiger partial charge on any atom is 0.407 e. The monoisotopic (exact) mass is 286 g/mol. The Labute approximate surface area is 120 Å². The smallest absolute Gasteiger partial charge is 0.407 e. The van der Waals surface area contributed by atoms with E-state index in [9.17, 15) is 9.59 Å². The van der Waals surface area contributed by atoms with Gasteiger partial charge >= 0.3 is 12.1 Å². The predicted molar refractivity (Wildman–Crippen MR) is 75.5 cm³/mol. The molecule has 1 atom stereocenters. The highest BCUT2D eigenvalue weighted by Crippen LogP contribution is 2.12. The maximum atomic E-state index is 11.7. The minimum absolute atomic E-state index is 0.128. The number of carbonyl (C=O) groups is 2. The number of alkyl carbamates (subject to hydrolysis) is 1. The van der Waals surface area contributed by atoms with Gasteiger partial charge in [0.15, 0.2) is 0 Å². The quantitative estimate of drug-likeness (QED) is 0.776. The lowest BCUT2D eigenvalue weighted by Gasteiger charge is -2.22. The molecule has 0 aromatic rings. The number of methoxy groups -OCH3 is 1. The van der Waals surface area contributed by atoms with Crippen LogP contribution in [0.15, 0.2) is 0 Å². The van der Waals surface area contributed by atoms with Crippen LogP contribution in [-0.4, -0.2) is 55.3 Å². The molecule has 0 unspecified atom stereocenters. The van der Waals surface area contributed by atoms with Crippen molar-refractivity contribution in [2.24, 2.45) is 0 Å². The first-order valence-electron chi connectivity index (χ1n) is 7.09. The van der Waals surface area contributed by atoms with E-state index < -0.39 is 5.60 Å². The van der Waals surface area contributed by atoms with Gasteiger partial charge in [-0.2, -0.15) is 0 Å². The summed E-state index contributed by atoms with van der Waals surface area (Å²) in [4.78, 5) is 24.9. The third kappa shape index (κ3) is 6.75. The Kier molecular flexibility index (Phi) is 6.26. The second-order valence-electron chi connectivity index (χ2n) is 6.11. The van der Waals surface area contributed by atoms with Crippen molar-refractivity contribution in [3.63, 3.8) is 0 Å². The van der Waals surface area contributed by atoms with Crippen LogP contribution < -0.4 is 5.32 Å². The lowest BCUT2D eigenvalue weighted by atomic mass is 10.2. The molecule has 1 amide bonds. The van der Waals surface area contributed by atoms with E-state index in [4.69, 9.17) is 4.74 Å². The molecule has 0 aliphatic carbocycles. The molecule has 1 saturated heterocycles. The number of esters is 1. The minimum Gasteiger partial charge on any atom is -0.469 e. The van der Waals surface area contributed by atoms with E-state index in [1.165, 1.54) is 7.11 Å². The van der Waals surface area contributed by atoms with E-state index in [2.05, 4.69) is 15.0 Å². The molecular weight excluding hydrogens is 260 g/mol. The molecule has 6 nitrogen and oxygen atoms in total. The van der Waals surface area contributed by atoms with Gasteiger partial charge in [0.05, 0.1) is 7.11 Å². The molecule has 116 valence electrons. The first-order chi connectivity index (χ1) is 9.30. The number of amides is 1. The highest BCUT2D eigenvalue weighted by Gasteiger charge is 2.25. The van der Waals surface area contributed by atoms with Crippen molar-refractivity contribution in [3.05, 3.63) is 0 Å². The Morgan fingerprint density at radius 2 is 2.05 bits per heavy atom. The van der Waals surface area contributed by atoms with Gasteiger partial charge in [0.25, 0.3) is 0 Å². The summed E-state index contributed by atoms with van der Waals surface area (Å²) < 4.78 is 9.84. The summed E-state index contributed by atoms with van der Waals surface area (Å²) in [5, 5.41) is 2.88. The molecule has 6 heteroatoms. The number of rotatable bonds is 5. The second kappa shape index (κ2) is 7.47. The first kappa shape index (κ1) is 16.8. The summed E-state index contributed by atoms with van der Waals surface area (Å²) in [5.74, 6) is -0.173. The third-order valence-corrected chi connectivity index (χ3v) is 3.08. The van der Waals surface area contributed by atoms with E-state index in [1.807, 2.05) is 20.8 Å². The number of carbonyl (C=O) groups excluding carboxylic acids is 2. The van der Waals surface area contributed by atoms with Crippen LogP contribution in [0.3, 0.4) is 0 Å². The zero-order chi connectivity index (χ0) is 15.2. The molecule has 0 spiro atoms. The fraction of sp³-hybridized carbons (Fsp3) is 0.857. The highest BCUT2D eigenvalue weighted by molar-refractivity contribution is 5.69. The molecule has 0 aromatic heterocycles. The van der Waals surface area contributed by atoms with Crippen LogP contribution in [0, 0.1) is 0 Å². The van der Waals surface area contributed by atoms with E-state index >= 15 is 0 Å². The average Bonchev–Trinajstić information content (AvgIpc) is 2.73. The number of hydrogen-bond donors (Lipinski definition) is 1. The van der Waals surface area contributed by atoms with Crippen LogP contribution >= 0.6 is 0 Å². The normalized spacial score (nSPS) is 19.7. The van der Waals surface area contributed by atoms with Crippen molar-refractivity contribution in [3.8, 4) is 0 Å². The van der Waals surface area contributed by atoms with Crippen molar-refractivity contribution in [1.82, 2.24) is 10.2 Å². The van der Waals surface area contributed by atoms with Gasteiger partial charge in [-0.3, -0.25) is 4.79 Å². The molecule has 0 aromatic carbocycles. The average molecular weight is 286 g/mol. The number of hydrogen-bond acceptors (Lipinski definition) is 5. The van der Waals surface area contributed by atoms with Crippen molar-refractivity contribution < 1.29 is 19.1 Å². The number of ether oxygens (including phenoxy) is 2. The number of likely N-dealkylation sites (tertiary alicyclic amines) is 1. The van der Waals surface area contributed by atoms with Gasteiger partial charge < -0.3 is 19.7 Å². The fourth-order valence-corrected chi connectivity index (χ4v) is 2.18. The van der Waals surface area contributed by atoms with Crippen molar-refractivity contribution in [2.45, 2.75) is 51.7 Å². The molecule has 0 radical (unpaired) electrons. The molecule has 1 aliphatic rings. The second-order valence-corrected chi connectivity index (χ2v) is 6.11.